The average molecular weight is 344 g/mol. The number of hydrogen-bond acceptors (Lipinski definition) is 6. The fraction of sp³-hybridized carbons (Fsp3) is 0.889. The predicted molar refractivity (Wildman–Crippen MR) is 89.2 cm³/mol. The molecule has 0 radical (unpaired) electrons. The van der Waals surface area contributed by atoms with Gasteiger partial charge in [-0.2, -0.15) is 0 Å². The Morgan fingerprint density at radius 1 is 1.25 bits per heavy atom. The topological polar surface area (TPSA) is 88.4 Å². The van der Waals surface area contributed by atoms with Crippen molar-refractivity contribution in [2.45, 2.75) is 103 Å². The highest BCUT2D eigenvalue weighted by Crippen LogP contribution is 2.39. The van der Waals surface area contributed by atoms with E-state index in [2.05, 4.69) is 0 Å². The molecule has 1 aliphatic carbocycles. The summed E-state index contributed by atoms with van der Waals surface area (Å²) in [6, 6.07) is 0. The lowest BCUT2D eigenvalue weighted by molar-refractivity contribution is -0.273. The molecule has 24 heavy (non-hydrogen) atoms. The van der Waals surface area contributed by atoms with Gasteiger partial charge in [-0.1, -0.05) is 5.57 Å². The Labute approximate surface area is 144 Å². The average Bonchev–Trinajstić information content (AvgIpc) is 3.20. The van der Waals surface area contributed by atoms with Crippen molar-refractivity contribution in [1.82, 2.24) is 0 Å². The molecule has 3 N–H and O–H groups in total. The molecule has 6 nitrogen and oxygen atoms in total. The third-order valence-corrected chi connectivity index (χ3v) is 4.40. The van der Waals surface area contributed by atoms with E-state index < -0.39 is 24.8 Å². The van der Waals surface area contributed by atoms with Gasteiger partial charge in [0.2, 0.25) is 0 Å². The Hall–Kier alpha value is -0.500. The Morgan fingerprint density at radius 2 is 1.92 bits per heavy atom. The smallest absolute Gasteiger partial charge is 0.184 e. The van der Waals surface area contributed by atoms with Gasteiger partial charge in [-0.25, -0.2) is 0 Å². The molecular formula is C18H32O6. The van der Waals surface area contributed by atoms with Gasteiger partial charge in [-0.3, -0.25) is 0 Å². The molecule has 2 rings (SSSR count). The summed E-state index contributed by atoms with van der Waals surface area (Å²) in [4.78, 5) is 0. The van der Waals surface area contributed by atoms with Crippen LogP contribution in [-0.4, -0.2) is 57.9 Å². The third kappa shape index (κ3) is 5.79. The second-order valence-corrected chi connectivity index (χ2v) is 7.95. The van der Waals surface area contributed by atoms with E-state index in [0.29, 0.717) is 0 Å². The normalized spacial score (nSPS) is 33.5. The molecule has 0 aromatic rings. The van der Waals surface area contributed by atoms with E-state index in [-0.39, 0.29) is 24.2 Å². The third-order valence-electron chi connectivity index (χ3n) is 4.40. The molecule has 1 heterocycles. The summed E-state index contributed by atoms with van der Waals surface area (Å²) < 4.78 is 16.8. The molecule has 0 aromatic heterocycles. The second-order valence-electron chi connectivity index (χ2n) is 7.95. The van der Waals surface area contributed by atoms with Crippen molar-refractivity contribution in [2.24, 2.45) is 0 Å². The number of aliphatic hydroxyl groups excluding tert-OH is 3. The van der Waals surface area contributed by atoms with E-state index in [1.807, 2.05) is 27.7 Å². The quantitative estimate of drug-likeness (QED) is 0.483. The molecule has 2 aliphatic rings. The maximum atomic E-state index is 10.0. The molecule has 140 valence electrons. The monoisotopic (exact) mass is 344 g/mol. The Kier molecular flexibility index (Phi) is 6.45. The van der Waals surface area contributed by atoms with E-state index in [4.69, 9.17) is 14.2 Å². The first-order valence-electron chi connectivity index (χ1n) is 8.80. The first-order chi connectivity index (χ1) is 11.1. The lowest BCUT2D eigenvalue weighted by Crippen LogP contribution is -2.48. The zero-order chi connectivity index (χ0) is 18.1. The summed E-state index contributed by atoms with van der Waals surface area (Å²) in [5.41, 5.74) is 1.82. The van der Waals surface area contributed by atoms with Crippen LogP contribution in [0.1, 0.15) is 60.3 Å². The zero-order valence-corrected chi connectivity index (χ0v) is 15.4. The van der Waals surface area contributed by atoms with Crippen molar-refractivity contribution in [2.75, 3.05) is 0 Å². The van der Waals surface area contributed by atoms with Crippen LogP contribution in [0.25, 0.3) is 0 Å². The van der Waals surface area contributed by atoms with Crippen LogP contribution in [0, 0.1) is 0 Å². The van der Waals surface area contributed by atoms with Crippen LogP contribution in [0.3, 0.4) is 0 Å². The SMILES string of the molecule is C[C@H](CCC1=C(C(O)OC(C)(C)C)C1)O[C@@H]1O[C@@H](C)[C@H](O)C[C@H]1O. The van der Waals surface area contributed by atoms with E-state index in [1.54, 1.807) is 6.92 Å². The summed E-state index contributed by atoms with van der Waals surface area (Å²) in [6.07, 6.45) is -0.694. The highest BCUT2D eigenvalue weighted by molar-refractivity contribution is 5.36. The maximum absolute atomic E-state index is 10.0. The standard InChI is InChI=1S/C18H32O6/c1-10(22-17-15(20)9-14(19)11(2)23-17)6-7-12-8-13(12)16(21)24-18(3,4)5/h10-11,14-17,19-21H,6-9H2,1-5H3/t10-,11+,14-,15-,16?,17-/m1/s1. The summed E-state index contributed by atoms with van der Waals surface area (Å²) >= 11 is 0. The van der Waals surface area contributed by atoms with Gasteiger partial charge in [-0.05, 0) is 59.5 Å². The molecule has 1 aliphatic heterocycles. The minimum absolute atomic E-state index is 0.0814. The first kappa shape index (κ1) is 19.8. The van der Waals surface area contributed by atoms with Crippen LogP contribution in [0.4, 0.5) is 0 Å². The lowest BCUT2D eigenvalue weighted by Gasteiger charge is -2.36. The molecule has 0 bridgehead atoms. The maximum Gasteiger partial charge on any atom is 0.184 e. The van der Waals surface area contributed by atoms with Crippen LogP contribution >= 0.6 is 0 Å². The van der Waals surface area contributed by atoms with Crippen molar-refractivity contribution in [3.8, 4) is 0 Å². The summed E-state index contributed by atoms with van der Waals surface area (Å²) in [5.74, 6) is 0. The first-order valence-corrected chi connectivity index (χ1v) is 8.80. The van der Waals surface area contributed by atoms with Gasteiger partial charge in [0.15, 0.2) is 12.6 Å². The van der Waals surface area contributed by atoms with Gasteiger partial charge < -0.3 is 29.5 Å². The molecule has 1 fully saturated rings. The Morgan fingerprint density at radius 3 is 2.54 bits per heavy atom. The van der Waals surface area contributed by atoms with E-state index in [1.165, 1.54) is 5.57 Å². The van der Waals surface area contributed by atoms with Crippen LogP contribution in [0.15, 0.2) is 11.1 Å². The molecule has 0 saturated carbocycles. The van der Waals surface area contributed by atoms with Crippen LogP contribution in [0.2, 0.25) is 0 Å². The zero-order valence-electron chi connectivity index (χ0n) is 15.4. The summed E-state index contributed by atoms with van der Waals surface area (Å²) in [5, 5.41) is 29.6. The van der Waals surface area contributed by atoms with Crippen molar-refractivity contribution >= 4 is 0 Å². The van der Waals surface area contributed by atoms with Gasteiger partial charge in [0.25, 0.3) is 0 Å². The van der Waals surface area contributed by atoms with Gasteiger partial charge in [-0.15, -0.1) is 0 Å². The van der Waals surface area contributed by atoms with Crippen molar-refractivity contribution in [3.05, 3.63) is 11.1 Å². The molecule has 6 heteroatoms. The summed E-state index contributed by atoms with van der Waals surface area (Å²) in [7, 11) is 0. The van der Waals surface area contributed by atoms with E-state index in [9.17, 15) is 15.3 Å². The molecule has 0 aromatic carbocycles. The molecule has 0 spiro atoms. The Balaban J connectivity index is 1.73. The van der Waals surface area contributed by atoms with Crippen LogP contribution in [-0.2, 0) is 14.2 Å². The van der Waals surface area contributed by atoms with Gasteiger partial charge in [0, 0.05) is 6.42 Å². The predicted octanol–water partition coefficient (Wildman–Crippen LogP) is 1.86. The highest BCUT2D eigenvalue weighted by Gasteiger charge is 2.36. The molecule has 1 saturated heterocycles. The Bertz CT molecular complexity index is 455. The van der Waals surface area contributed by atoms with Crippen LogP contribution < -0.4 is 0 Å². The van der Waals surface area contributed by atoms with Gasteiger partial charge >= 0.3 is 0 Å². The number of rotatable bonds is 7. The fourth-order valence-corrected chi connectivity index (χ4v) is 2.84. The molecule has 0 amide bonds. The van der Waals surface area contributed by atoms with Gasteiger partial charge in [0.05, 0.1) is 23.9 Å². The van der Waals surface area contributed by atoms with Crippen LogP contribution in [0.5, 0.6) is 0 Å². The molecular weight excluding hydrogens is 312 g/mol. The largest absolute Gasteiger partial charge is 0.390 e. The second kappa shape index (κ2) is 7.81. The highest BCUT2D eigenvalue weighted by atomic mass is 16.7. The number of aliphatic hydroxyl groups is 3. The minimum atomic E-state index is -0.818. The minimum Gasteiger partial charge on any atom is -0.390 e. The molecule has 1 unspecified atom stereocenters. The number of hydrogen-bond donors (Lipinski definition) is 3. The summed E-state index contributed by atoms with van der Waals surface area (Å²) in [6.45, 7) is 9.47. The number of ether oxygens (including phenoxy) is 3. The lowest BCUT2D eigenvalue weighted by atomic mass is 10.0. The van der Waals surface area contributed by atoms with Gasteiger partial charge in [0.1, 0.15) is 6.10 Å². The van der Waals surface area contributed by atoms with Crippen molar-refractivity contribution in [1.29, 1.82) is 0 Å². The van der Waals surface area contributed by atoms with Crippen molar-refractivity contribution in [3.63, 3.8) is 0 Å². The number of allylic oxidation sites excluding steroid dienone is 1. The van der Waals surface area contributed by atoms with Crippen molar-refractivity contribution < 1.29 is 29.5 Å². The van der Waals surface area contributed by atoms with E-state index >= 15 is 0 Å². The van der Waals surface area contributed by atoms with E-state index in [0.717, 1.165) is 24.8 Å². The molecule has 6 atom stereocenters. The fourth-order valence-electron chi connectivity index (χ4n) is 2.84.